The summed E-state index contributed by atoms with van der Waals surface area (Å²) < 4.78 is 103. The van der Waals surface area contributed by atoms with Gasteiger partial charge in [0, 0.05) is 90.6 Å². The molecule has 18 rings (SSSR count). The molecule has 0 bridgehead atoms. The fraction of sp³-hybridized carbons (Fsp3) is 0.355. The van der Waals surface area contributed by atoms with E-state index < -0.39 is 0 Å². The lowest BCUT2D eigenvalue weighted by Gasteiger charge is -2.26. The van der Waals surface area contributed by atoms with E-state index in [-0.39, 0.29) is 46.5 Å². The molecule has 0 unspecified atom stereocenters. The average molecular weight is 1330 g/mol. The molecule has 0 N–H and O–H groups in total. The lowest BCUT2D eigenvalue weighted by atomic mass is 9.89. The van der Waals surface area contributed by atoms with E-state index >= 15 is 0 Å². The zero-order valence-electron chi connectivity index (χ0n) is 54.5. The highest BCUT2D eigenvalue weighted by Crippen LogP contribution is 2.57. The van der Waals surface area contributed by atoms with E-state index in [0.717, 1.165) is 189 Å². The molecule has 22 heteroatoms. The number of rotatable bonds is 18. The van der Waals surface area contributed by atoms with Gasteiger partial charge < -0.3 is 85.3 Å². The van der Waals surface area contributed by atoms with Crippen molar-refractivity contribution < 1.29 is 90.1 Å². The van der Waals surface area contributed by atoms with Crippen LogP contribution in [0.4, 0.5) is 0 Å². The summed E-state index contributed by atoms with van der Waals surface area (Å²) in [5, 5.41) is 5.83. The van der Waals surface area contributed by atoms with Crippen LogP contribution in [0.1, 0.15) is 28.8 Å². The summed E-state index contributed by atoms with van der Waals surface area (Å²) in [6, 6.07) is 40.2. The molecule has 3 fully saturated rings. The molecule has 0 saturated carbocycles. The van der Waals surface area contributed by atoms with Gasteiger partial charge in [-0.05, 0) is 119 Å². The molecule has 22 nitrogen and oxygen atoms in total. The summed E-state index contributed by atoms with van der Waals surface area (Å²) in [5.74, 6) is 9.44. The van der Waals surface area contributed by atoms with Crippen LogP contribution in [0.2, 0.25) is 0 Å². The van der Waals surface area contributed by atoms with Crippen LogP contribution >= 0.6 is 0 Å². The number of hydrogen-bond donors (Lipinski definition) is 0. The number of carbonyl (C=O) groups excluding carboxylic acids is 1. The van der Waals surface area contributed by atoms with Crippen LogP contribution in [-0.4, -0.2) is 180 Å². The quantitative estimate of drug-likeness (QED) is 0.0581. The van der Waals surface area contributed by atoms with Crippen LogP contribution < -0.4 is 66.3 Å². The first-order valence-corrected chi connectivity index (χ1v) is 33.5. The van der Waals surface area contributed by atoms with E-state index in [1.807, 2.05) is 72.8 Å². The Morgan fingerprint density at radius 2 is 0.888 bits per heavy atom. The molecule has 3 saturated heterocycles. The first-order valence-electron chi connectivity index (χ1n) is 33.5. The smallest absolute Gasteiger partial charge is 0.339 e. The van der Waals surface area contributed by atoms with Gasteiger partial charge in [-0.25, -0.2) is 4.79 Å². The van der Waals surface area contributed by atoms with E-state index in [1.165, 1.54) is 10.9 Å². The van der Waals surface area contributed by atoms with Crippen molar-refractivity contribution in [2.24, 2.45) is 0 Å². The Labute approximate surface area is 565 Å². The standard InChI is InChI=1S/C27H27NO8.C26H23NO8.C23H25NO3/c1(5-28-6-9-29-10-7-28)2-8-30-25-19-13-23-22(33-15-34-23)12-18(19)24(26-27(25)36-16-35-26)17-3-4-20-21(11-17)32-14-31-20;28-26-24-18(12-31-26)25(30-8-5-27-3-6-29-7-4-27)17-11-22-21(34-14-35-22)10-16(17)23(24)15-1-2-19-20(9-15)33-13-32-19;1-25-19-6-4-5-18(17-19)20-9-10-23(22-8-3-2-7-21(20)22)27-16-13-24-11-14-26-15-12-24/h3-4,11-13H,1-2,5-10,14-16H2;1-2,9-11H,3-8,12-14H2;2-10,17H,11-16H2,1H3. The summed E-state index contributed by atoms with van der Waals surface area (Å²) >= 11 is 0. The average Bonchev–Trinajstić information content (AvgIpc) is 1.43. The number of carbonyl (C=O) groups is 1. The molecule has 508 valence electrons. The van der Waals surface area contributed by atoms with E-state index in [2.05, 4.69) is 63.2 Å². The van der Waals surface area contributed by atoms with Gasteiger partial charge >= 0.3 is 5.97 Å². The second-order valence-electron chi connectivity index (χ2n) is 24.5. The summed E-state index contributed by atoms with van der Waals surface area (Å²) in [6.07, 6.45) is 1.99. The molecular formula is C76H75N3O19. The molecule has 9 aromatic rings. The van der Waals surface area contributed by atoms with Crippen molar-refractivity contribution in [2.45, 2.75) is 19.4 Å². The van der Waals surface area contributed by atoms with Crippen molar-refractivity contribution in [1.82, 2.24) is 14.7 Å². The highest BCUT2D eigenvalue weighted by atomic mass is 16.7. The van der Waals surface area contributed by atoms with Gasteiger partial charge in [-0.3, -0.25) is 14.7 Å². The number of methoxy groups -OCH3 is 1. The minimum absolute atomic E-state index is 0.128. The maximum Gasteiger partial charge on any atom is 0.339 e. The third-order valence-corrected chi connectivity index (χ3v) is 18.8. The molecule has 9 aromatic carbocycles. The van der Waals surface area contributed by atoms with Gasteiger partial charge in [0.15, 0.2) is 57.5 Å². The van der Waals surface area contributed by atoms with E-state index in [1.54, 1.807) is 7.11 Å². The Hall–Kier alpha value is -9.81. The number of benzene rings is 9. The van der Waals surface area contributed by atoms with Gasteiger partial charge in [0.1, 0.15) is 37.1 Å². The highest BCUT2D eigenvalue weighted by molar-refractivity contribution is 6.14. The minimum Gasteiger partial charge on any atom is -0.497 e. The van der Waals surface area contributed by atoms with Crippen molar-refractivity contribution >= 4 is 38.3 Å². The number of hydrogen-bond acceptors (Lipinski definition) is 22. The zero-order chi connectivity index (χ0) is 65.7. The molecule has 0 aromatic heterocycles. The summed E-state index contributed by atoms with van der Waals surface area (Å²) in [4.78, 5) is 20.2. The monoisotopic (exact) mass is 1330 g/mol. The Bertz CT molecular complexity index is 4430. The SMILES string of the molecule is COc1cccc(-c2ccc(OCCN3CCOCC3)c3ccccc23)c1.O=C1OCc2c1c(-c1ccc3c(c1)OCO3)c1cc3c(cc1c2OCCN1CCOCC1)OCO3.c1cc2c(cc1-c1c3c(c(OCCCCN4CCOCC4)c4cc5c(cc14)OCO5)OCO3)OCO2. The van der Waals surface area contributed by atoms with Crippen LogP contribution in [0.15, 0.2) is 121 Å². The normalized spacial score (nSPS) is 17.1. The lowest BCUT2D eigenvalue weighted by molar-refractivity contribution is 0.0322. The minimum atomic E-state index is -0.370. The molecule has 9 aliphatic rings. The molecule has 9 heterocycles. The largest absolute Gasteiger partial charge is 0.497 e. The van der Waals surface area contributed by atoms with Crippen LogP contribution in [0, 0.1) is 0 Å². The van der Waals surface area contributed by atoms with Crippen LogP contribution in [0.25, 0.3) is 65.7 Å². The number of cyclic esters (lactones) is 1. The fourth-order valence-electron chi connectivity index (χ4n) is 13.8. The van der Waals surface area contributed by atoms with Crippen LogP contribution in [0.3, 0.4) is 0 Å². The van der Waals surface area contributed by atoms with Crippen molar-refractivity contribution in [1.29, 1.82) is 0 Å². The molecule has 0 spiro atoms. The first-order chi connectivity index (χ1) is 48.5. The molecule has 0 aliphatic carbocycles. The number of morpholine rings is 3. The summed E-state index contributed by atoms with van der Waals surface area (Å²) in [5.41, 5.74) is 7.00. The summed E-state index contributed by atoms with van der Waals surface area (Å²) in [6.45, 7) is 16.0. The number of fused-ring (bicyclic) bond motifs is 9. The molecule has 0 atom stereocenters. The predicted molar refractivity (Wildman–Crippen MR) is 362 cm³/mol. The maximum absolute atomic E-state index is 13.0. The molecule has 0 amide bonds. The van der Waals surface area contributed by atoms with Crippen molar-refractivity contribution in [3.8, 4) is 114 Å². The van der Waals surface area contributed by atoms with Gasteiger partial charge in [0.2, 0.25) is 39.7 Å². The van der Waals surface area contributed by atoms with E-state index in [9.17, 15) is 4.79 Å². The van der Waals surface area contributed by atoms with Gasteiger partial charge in [0.05, 0.1) is 58.9 Å². The zero-order valence-corrected chi connectivity index (χ0v) is 54.5. The Kier molecular flexibility index (Phi) is 18.4. The Balaban J connectivity index is 0.000000116. The second kappa shape index (κ2) is 28.7. The van der Waals surface area contributed by atoms with Crippen molar-refractivity contribution in [3.05, 3.63) is 132 Å². The predicted octanol–water partition coefficient (Wildman–Crippen LogP) is 11.8. The molecule has 9 aliphatic heterocycles. The van der Waals surface area contributed by atoms with E-state index in [0.29, 0.717) is 88.6 Å². The fourth-order valence-corrected chi connectivity index (χ4v) is 13.8. The molecule has 98 heavy (non-hydrogen) atoms. The van der Waals surface area contributed by atoms with E-state index in [4.69, 9.17) is 85.3 Å². The second-order valence-corrected chi connectivity index (χ2v) is 24.5. The summed E-state index contributed by atoms with van der Waals surface area (Å²) in [7, 11) is 1.70. The van der Waals surface area contributed by atoms with Gasteiger partial charge in [-0.2, -0.15) is 0 Å². The first kappa shape index (κ1) is 63.0. The van der Waals surface area contributed by atoms with Gasteiger partial charge in [-0.15, -0.1) is 0 Å². The lowest BCUT2D eigenvalue weighted by Crippen LogP contribution is -2.38. The number of unbranched alkanes of at least 4 members (excludes halogenated alkanes) is 1. The third-order valence-electron chi connectivity index (χ3n) is 18.8. The topological polar surface area (TPSA) is 193 Å². The molecule has 0 radical (unpaired) electrons. The molecular weight excluding hydrogens is 1260 g/mol. The number of esters is 1. The highest BCUT2D eigenvalue weighted by Gasteiger charge is 2.36. The number of nitrogens with zero attached hydrogens (tertiary/aromatic N) is 3. The van der Waals surface area contributed by atoms with Gasteiger partial charge in [-0.1, -0.05) is 54.6 Å². The van der Waals surface area contributed by atoms with Crippen LogP contribution in [0.5, 0.6) is 80.5 Å². The Morgan fingerprint density at radius 3 is 1.51 bits per heavy atom. The number of ether oxygens (including phenoxy) is 18. The van der Waals surface area contributed by atoms with Crippen LogP contribution in [-0.2, 0) is 25.6 Å². The van der Waals surface area contributed by atoms with Gasteiger partial charge in [0.25, 0.3) is 0 Å². The Morgan fingerprint density at radius 1 is 0.378 bits per heavy atom. The van der Waals surface area contributed by atoms with Crippen molar-refractivity contribution in [3.63, 3.8) is 0 Å². The third kappa shape index (κ3) is 13.0. The maximum atomic E-state index is 13.0. The van der Waals surface area contributed by atoms with Crippen molar-refractivity contribution in [2.75, 3.05) is 159 Å².